The van der Waals surface area contributed by atoms with Crippen LogP contribution in [0.15, 0.2) is 0 Å². The van der Waals surface area contributed by atoms with Crippen LogP contribution in [0, 0.1) is 6.42 Å². The van der Waals surface area contributed by atoms with Crippen molar-refractivity contribution in [3.05, 3.63) is 6.42 Å². The lowest BCUT2D eigenvalue weighted by Gasteiger charge is -2.00. The van der Waals surface area contributed by atoms with Gasteiger partial charge < -0.3 is 6.42 Å². The highest BCUT2D eigenvalue weighted by Gasteiger charge is 1.88. The van der Waals surface area contributed by atoms with Crippen molar-refractivity contribution in [2.75, 3.05) is 0 Å². The molecule has 0 aromatic carbocycles. The van der Waals surface area contributed by atoms with Crippen molar-refractivity contribution in [1.82, 2.24) is 0 Å². The summed E-state index contributed by atoms with van der Waals surface area (Å²) in [5.41, 5.74) is 0. The summed E-state index contributed by atoms with van der Waals surface area (Å²) in [5, 5.41) is 0. The Kier molecular flexibility index (Phi) is 2.25. The van der Waals surface area contributed by atoms with E-state index in [9.17, 15) is 0 Å². The van der Waals surface area contributed by atoms with Crippen LogP contribution in [0.3, 0.4) is 0 Å². The fourth-order valence-corrected chi connectivity index (χ4v) is 1.08. The van der Waals surface area contributed by atoms with Gasteiger partial charge in [-0.3, -0.25) is 0 Å². The van der Waals surface area contributed by atoms with Crippen LogP contribution in [-0.4, -0.2) is 0 Å². The molecule has 0 atom stereocenters. The second kappa shape index (κ2) is 3.06. The Morgan fingerprint density at radius 3 is 1.86 bits per heavy atom. The van der Waals surface area contributed by atoms with Gasteiger partial charge in [0, 0.05) is 0 Å². The molecule has 1 rings (SSSR count). The van der Waals surface area contributed by atoms with E-state index in [0.29, 0.717) is 0 Å². The van der Waals surface area contributed by atoms with Gasteiger partial charge in [0.1, 0.15) is 0 Å². The van der Waals surface area contributed by atoms with Gasteiger partial charge in [-0.1, -0.05) is 25.7 Å². The van der Waals surface area contributed by atoms with Gasteiger partial charge in [-0.2, -0.15) is 12.8 Å². The molecule has 0 aliphatic heterocycles. The molecule has 0 amide bonds. The molecule has 1 aliphatic carbocycles. The van der Waals surface area contributed by atoms with Gasteiger partial charge in [0.25, 0.3) is 0 Å². The smallest absolute Gasteiger partial charge is 0.0558 e. The van der Waals surface area contributed by atoms with Crippen molar-refractivity contribution in [2.24, 2.45) is 0 Å². The molecule has 0 spiro atoms. The van der Waals surface area contributed by atoms with Crippen LogP contribution >= 0.6 is 0 Å². The van der Waals surface area contributed by atoms with Gasteiger partial charge >= 0.3 is 0 Å². The third kappa shape index (κ3) is 1.96. The quantitative estimate of drug-likeness (QED) is 0.322. The molecule has 0 heteroatoms. The number of hydrogen-bond donors (Lipinski definition) is 0. The van der Waals surface area contributed by atoms with E-state index >= 15 is 0 Å². The molecule has 7 heavy (non-hydrogen) atoms. The predicted octanol–water partition coefficient (Wildman–Crippen LogP) is 2.54. The van der Waals surface area contributed by atoms with Crippen LogP contribution in [0.1, 0.15) is 38.5 Å². The molecule has 0 bridgehead atoms. The van der Waals surface area contributed by atoms with Crippen molar-refractivity contribution < 1.29 is 0 Å². The minimum atomic E-state index is 1.38. The molecule has 1 saturated carbocycles. The highest BCUT2D eigenvalue weighted by Crippen LogP contribution is 2.14. The van der Waals surface area contributed by atoms with E-state index in [-0.39, 0.29) is 0 Å². The standard InChI is InChI=1S/C7H13/c1-2-4-6-7-5-3-1/h1H,2-7H2/q-1. The summed E-state index contributed by atoms with van der Waals surface area (Å²) in [6.07, 6.45) is 11.0. The summed E-state index contributed by atoms with van der Waals surface area (Å²) in [6, 6.07) is 0. The first-order valence-electron chi connectivity index (χ1n) is 3.32. The van der Waals surface area contributed by atoms with Crippen LogP contribution in [0.25, 0.3) is 0 Å². The van der Waals surface area contributed by atoms with Crippen LogP contribution < -0.4 is 0 Å². The SMILES string of the molecule is [CH-]1CCCCCC1. The zero-order valence-electron chi connectivity index (χ0n) is 4.82. The van der Waals surface area contributed by atoms with Crippen molar-refractivity contribution in [3.63, 3.8) is 0 Å². The highest BCUT2D eigenvalue weighted by molar-refractivity contribution is 4.67. The van der Waals surface area contributed by atoms with E-state index < -0.39 is 0 Å². The molecule has 0 unspecified atom stereocenters. The maximum absolute atomic E-state index is 2.42. The lowest BCUT2D eigenvalue weighted by molar-refractivity contribution is 0.702. The molecule has 1 fully saturated rings. The van der Waals surface area contributed by atoms with E-state index in [4.69, 9.17) is 0 Å². The summed E-state index contributed by atoms with van der Waals surface area (Å²) < 4.78 is 0. The van der Waals surface area contributed by atoms with Crippen LogP contribution in [0.5, 0.6) is 0 Å². The highest BCUT2D eigenvalue weighted by atomic mass is 14.0. The molecule has 1 aliphatic rings. The molecular weight excluding hydrogens is 84.1 g/mol. The fraction of sp³-hybridized carbons (Fsp3) is 0.857. The third-order valence-electron chi connectivity index (χ3n) is 1.57. The monoisotopic (exact) mass is 97.1 g/mol. The average molecular weight is 97.2 g/mol. The van der Waals surface area contributed by atoms with E-state index in [1.165, 1.54) is 38.5 Å². The molecule has 0 radical (unpaired) electrons. The molecule has 0 aromatic heterocycles. The van der Waals surface area contributed by atoms with Gasteiger partial charge in [-0.25, -0.2) is 0 Å². The second-order valence-electron chi connectivity index (χ2n) is 2.28. The molecule has 0 heterocycles. The molecule has 42 valence electrons. The van der Waals surface area contributed by atoms with Gasteiger partial charge in [-0.15, -0.1) is 0 Å². The van der Waals surface area contributed by atoms with Crippen molar-refractivity contribution in [3.8, 4) is 0 Å². The van der Waals surface area contributed by atoms with Crippen molar-refractivity contribution in [2.45, 2.75) is 38.5 Å². The number of rotatable bonds is 0. The van der Waals surface area contributed by atoms with Crippen LogP contribution in [-0.2, 0) is 0 Å². The van der Waals surface area contributed by atoms with Crippen LogP contribution in [0.4, 0.5) is 0 Å². The summed E-state index contributed by atoms with van der Waals surface area (Å²) in [6.45, 7) is 0. The largest absolute Gasteiger partial charge is 0.328 e. The van der Waals surface area contributed by atoms with Crippen molar-refractivity contribution >= 4 is 0 Å². The molecular formula is C7H13-. The normalized spacial score (nSPS) is 24.0. The van der Waals surface area contributed by atoms with E-state index in [0.717, 1.165) is 0 Å². The molecule has 0 N–H and O–H groups in total. The topological polar surface area (TPSA) is 0 Å². The molecule has 0 aromatic rings. The first-order chi connectivity index (χ1) is 3.50. The summed E-state index contributed by atoms with van der Waals surface area (Å²) >= 11 is 0. The Labute approximate surface area is 45.9 Å². The minimum Gasteiger partial charge on any atom is -0.328 e. The molecule has 0 nitrogen and oxygen atoms in total. The lowest BCUT2D eigenvalue weighted by atomic mass is 10.2. The van der Waals surface area contributed by atoms with E-state index in [1.807, 2.05) is 0 Å². The fourth-order valence-electron chi connectivity index (χ4n) is 1.08. The second-order valence-corrected chi connectivity index (χ2v) is 2.28. The van der Waals surface area contributed by atoms with E-state index in [2.05, 4.69) is 6.42 Å². The Bertz CT molecular complexity index is 19.7. The van der Waals surface area contributed by atoms with Gasteiger partial charge in [0.2, 0.25) is 0 Å². The maximum Gasteiger partial charge on any atom is -0.0558 e. The lowest BCUT2D eigenvalue weighted by Crippen LogP contribution is -1.68. The Morgan fingerprint density at radius 1 is 0.714 bits per heavy atom. The number of hydrogen-bond acceptors (Lipinski definition) is 0. The Morgan fingerprint density at radius 2 is 1.29 bits per heavy atom. The first-order valence-corrected chi connectivity index (χ1v) is 3.32. The van der Waals surface area contributed by atoms with Crippen molar-refractivity contribution in [1.29, 1.82) is 0 Å². The minimum absolute atomic E-state index is 1.38. The van der Waals surface area contributed by atoms with Gasteiger partial charge in [-0.05, 0) is 0 Å². The van der Waals surface area contributed by atoms with Gasteiger partial charge in [0.15, 0.2) is 0 Å². The average Bonchev–Trinajstić information content (AvgIpc) is 1.90. The maximum atomic E-state index is 2.42. The summed E-state index contributed by atoms with van der Waals surface area (Å²) in [7, 11) is 0. The zero-order chi connectivity index (χ0) is 4.95. The Balaban J connectivity index is 2.04. The zero-order valence-corrected chi connectivity index (χ0v) is 4.82. The van der Waals surface area contributed by atoms with E-state index in [1.54, 1.807) is 0 Å². The van der Waals surface area contributed by atoms with Gasteiger partial charge in [0.05, 0.1) is 0 Å². The predicted molar refractivity (Wildman–Crippen MR) is 32.0 cm³/mol. The molecule has 0 saturated heterocycles. The Hall–Kier alpha value is 0. The first kappa shape index (κ1) is 5.14. The third-order valence-corrected chi connectivity index (χ3v) is 1.57. The van der Waals surface area contributed by atoms with Crippen LogP contribution in [0.2, 0.25) is 0 Å². The summed E-state index contributed by atoms with van der Waals surface area (Å²) in [4.78, 5) is 0. The summed E-state index contributed by atoms with van der Waals surface area (Å²) in [5.74, 6) is 0.